The molecule has 1 aromatic heterocycles. The van der Waals surface area contributed by atoms with Gasteiger partial charge in [-0.15, -0.1) is 0 Å². The third kappa shape index (κ3) is 6.04. The number of hydrogen-bond donors (Lipinski definition) is 2. The van der Waals surface area contributed by atoms with E-state index < -0.39 is 0 Å². The molecular weight excluding hydrogens is 308 g/mol. The number of aliphatic hydroxyl groups excluding tert-OH is 1. The second-order valence-electron chi connectivity index (χ2n) is 5.41. The molecule has 2 aromatic rings. The number of amides is 1. The van der Waals surface area contributed by atoms with E-state index in [2.05, 4.69) is 10.3 Å². The van der Waals surface area contributed by atoms with E-state index in [0.717, 1.165) is 16.9 Å². The highest BCUT2D eigenvalue weighted by Gasteiger charge is 2.14. The number of rotatable bonds is 8. The number of benzene rings is 1. The molecule has 2 rings (SSSR count). The van der Waals surface area contributed by atoms with Crippen LogP contribution in [0.4, 0.5) is 5.82 Å². The predicted molar refractivity (Wildman–Crippen MR) is 95.4 cm³/mol. The largest absolute Gasteiger partial charge is 0.396 e. The summed E-state index contributed by atoms with van der Waals surface area (Å²) in [6.45, 7) is 2.10. The summed E-state index contributed by atoms with van der Waals surface area (Å²) in [7, 11) is 0. The van der Waals surface area contributed by atoms with Crippen molar-refractivity contribution in [3.63, 3.8) is 0 Å². The van der Waals surface area contributed by atoms with Crippen molar-refractivity contribution >= 4 is 23.5 Å². The van der Waals surface area contributed by atoms with E-state index in [1.807, 2.05) is 49.4 Å². The molecule has 1 heterocycles. The lowest BCUT2D eigenvalue weighted by molar-refractivity contribution is -0.119. The van der Waals surface area contributed by atoms with Crippen molar-refractivity contribution < 1.29 is 9.90 Å². The molecule has 0 spiro atoms. The van der Waals surface area contributed by atoms with Crippen LogP contribution in [0.2, 0.25) is 0 Å². The molecule has 2 N–H and O–H groups in total. The summed E-state index contributed by atoms with van der Waals surface area (Å²) in [6, 6.07) is 13.8. The molecule has 0 radical (unpaired) electrons. The van der Waals surface area contributed by atoms with Gasteiger partial charge >= 0.3 is 0 Å². The number of aromatic nitrogens is 1. The van der Waals surface area contributed by atoms with Gasteiger partial charge in [0.2, 0.25) is 5.91 Å². The molecule has 1 unspecified atom stereocenters. The molecule has 122 valence electrons. The average molecular weight is 330 g/mol. The molecule has 1 amide bonds. The van der Waals surface area contributed by atoms with Crippen molar-refractivity contribution in [1.82, 2.24) is 4.98 Å². The Balaban J connectivity index is 1.90. The van der Waals surface area contributed by atoms with Crippen molar-refractivity contribution in [2.45, 2.75) is 19.1 Å². The second kappa shape index (κ2) is 9.33. The van der Waals surface area contributed by atoms with Crippen LogP contribution in [0.3, 0.4) is 0 Å². The van der Waals surface area contributed by atoms with Gasteiger partial charge in [-0.2, -0.15) is 11.8 Å². The number of aliphatic hydroxyl groups is 1. The molecular formula is C18H22N2O2S. The quantitative estimate of drug-likeness (QED) is 0.730. The Hall–Kier alpha value is -1.85. The lowest BCUT2D eigenvalue weighted by Gasteiger charge is -2.12. The molecule has 0 saturated heterocycles. The minimum absolute atomic E-state index is 0.0264. The van der Waals surface area contributed by atoms with Gasteiger partial charge in [-0.1, -0.05) is 37.3 Å². The second-order valence-corrected chi connectivity index (χ2v) is 6.51. The monoisotopic (exact) mass is 330 g/mol. The molecule has 1 atom stereocenters. The number of thioether (sulfide) groups is 1. The van der Waals surface area contributed by atoms with E-state index in [1.54, 1.807) is 18.0 Å². The van der Waals surface area contributed by atoms with Gasteiger partial charge in [0.25, 0.3) is 0 Å². The Labute approximate surface area is 141 Å². The lowest BCUT2D eigenvalue weighted by Crippen LogP contribution is -2.22. The van der Waals surface area contributed by atoms with E-state index in [0.29, 0.717) is 18.0 Å². The molecule has 0 fully saturated rings. The van der Waals surface area contributed by atoms with Gasteiger partial charge in [-0.25, -0.2) is 4.98 Å². The standard InChI is InChI=1S/C18H22N2O2S/c1-14(11-15-5-3-2-4-6-15)18(22)20-17-12-16(7-8-19-17)13-23-10-9-21/h2-8,12,14,21H,9-11,13H2,1H3,(H,19,20,22). The van der Waals surface area contributed by atoms with Crippen molar-refractivity contribution in [2.75, 3.05) is 17.7 Å². The maximum absolute atomic E-state index is 12.3. The smallest absolute Gasteiger partial charge is 0.228 e. The van der Waals surface area contributed by atoms with E-state index in [9.17, 15) is 4.79 Å². The number of anilines is 1. The van der Waals surface area contributed by atoms with Crippen LogP contribution in [0.5, 0.6) is 0 Å². The van der Waals surface area contributed by atoms with E-state index in [-0.39, 0.29) is 18.4 Å². The van der Waals surface area contributed by atoms with Crippen LogP contribution in [-0.2, 0) is 17.0 Å². The first kappa shape index (κ1) is 17.5. The van der Waals surface area contributed by atoms with Gasteiger partial charge in [0.05, 0.1) is 6.61 Å². The summed E-state index contributed by atoms with van der Waals surface area (Å²) in [5.41, 5.74) is 2.24. The molecule has 0 bridgehead atoms. The zero-order chi connectivity index (χ0) is 16.5. The third-order valence-corrected chi connectivity index (χ3v) is 4.42. The van der Waals surface area contributed by atoms with Crippen LogP contribution in [0.15, 0.2) is 48.7 Å². The van der Waals surface area contributed by atoms with Crippen molar-refractivity contribution in [3.05, 3.63) is 59.8 Å². The van der Waals surface area contributed by atoms with E-state index in [1.165, 1.54) is 0 Å². The van der Waals surface area contributed by atoms with Crippen LogP contribution >= 0.6 is 11.8 Å². The average Bonchev–Trinajstić information content (AvgIpc) is 2.56. The van der Waals surface area contributed by atoms with E-state index >= 15 is 0 Å². The fourth-order valence-corrected chi connectivity index (χ4v) is 2.89. The minimum Gasteiger partial charge on any atom is -0.396 e. The van der Waals surface area contributed by atoms with Crippen LogP contribution < -0.4 is 5.32 Å². The molecule has 5 heteroatoms. The molecule has 23 heavy (non-hydrogen) atoms. The van der Waals surface area contributed by atoms with Crippen LogP contribution in [0.1, 0.15) is 18.1 Å². The van der Waals surface area contributed by atoms with Gasteiger partial charge in [-0.3, -0.25) is 4.79 Å². The zero-order valence-corrected chi connectivity index (χ0v) is 14.1. The number of carbonyl (C=O) groups excluding carboxylic acids is 1. The number of carbonyl (C=O) groups is 1. The summed E-state index contributed by atoms with van der Waals surface area (Å²) in [4.78, 5) is 16.5. The highest BCUT2D eigenvalue weighted by Crippen LogP contribution is 2.16. The first-order valence-electron chi connectivity index (χ1n) is 7.67. The Bertz CT molecular complexity index is 619. The minimum atomic E-state index is -0.119. The van der Waals surface area contributed by atoms with Gasteiger partial charge in [0.15, 0.2) is 0 Å². The first-order valence-corrected chi connectivity index (χ1v) is 8.83. The molecule has 0 saturated carbocycles. The summed E-state index contributed by atoms with van der Waals surface area (Å²) in [5, 5.41) is 11.7. The fourth-order valence-electron chi connectivity index (χ4n) is 2.20. The number of nitrogens with zero attached hydrogens (tertiary/aromatic N) is 1. The number of pyridine rings is 1. The van der Waals surface area contributed by atoms with Crippen molar-refractivity contribution in [3.8, 4) is 0 Å². The molecule has 4 nitrogen and oxygen atoms in total. The summed E-state index contributed by atoms with van der Waals surface area (Å²) in [5.74, 6) is 1.94. The van der Waals surface area contributed by atoms with Gasteiger partial charge < -0.3 is 10.4 Å². The maximum atomic E-state index is 12.3. The molecule has 0 aliphatic heterocycles. The summed E-state index contributed by atoms with van der Waals surface area (Å²) >= 11 is 1.65. The van der Waals surface area contributed by atoms with E-state index in [4.69, 9.17) is 5.11 Å². The fraction of sp³-hybridized carbons (Fsp3) is 0.333. The number of hydrogen-bond acceptors (Lipinski definition) is 4. The van der Waals surface area contributed by atoms with Crippen LogP contribution in [-0.4, -0.2) is 28.4 Å². The van der Waals surface area contributed by atoms with Gasteiger partial charge in [-0.05, 0) is 29.7 Å². The Morgan fingerprint density at radius 3 is 2.78 bits per heavy atom. The van der Waals surface area contributed by atoms with Crippen LogP contribution in [0, 0.1) is 5.92 Å². The lowest BCUT2D eigenvalue weighted by atomic mass is 10.0. The zero-order valence-electron chi connectivity index (χ0n) is 13.2. The molecule has 0 aliphatic rings. The SMILES string of the molecule is CC(Cc1ccccc1)C(=O)Nc1cc(CSCCO)ccn1. The third-order valence-electron chi connectivity index (χ3n) is 3.41. The summed E-state index contributed by atoms with van der Waals surface area (Å²) in [6.07, 6.45) is 2.41. The van der Waals surface area contributed by atoms with Gasteiger partial charge in [0.1, 0.15) is 5.82 Å². The van der Waals surface area contributed by atoms with Crippen LogP contribution in [0.25, 0.3) is 0 Å². The van der Waals surface area contributed by atoms with Crippen molar-refractivity contribution in [2.24, 2.45) is 5.92 Å². The molecule has 0 aliphatic carbocycles. The Morgan fingerprint density at radius 1 is 1.26 bits per heavy atom. The topological polar surface area (TPSA) is 62.2 Å². The highest BCUT2D eigenvalue weighted by molar-refractivity contribution is 7.98. The highest BCUT2D eigenvalue weighted by atomic mass is 32.2. The maximum Gasteiger partial charge on any atom is 0.228 e. The first-order chi connectivity index (χ1) is 11.2. The Kier molecular flexibility index (Phi) is 7.10. The summed E-state index contributed by atoms with van der Waals surface area (Å²) < 4.78 is 0. The predicted octanol–water partition coefficient (Wildman–Crippen LogP) is 3.12. The van der Waals surface area contributed by atoms with Crippen molar-refractivity contribution in [1.29, 1.82) is 0 Å². The number of nitrogens with one attached hydrogen (secondary N) is 1. The molecule has 1 aromatic carbocycles. The normalized spacial score (nSPS) is 11.9. The Morgan fingerprint density at radius 2 is 2.04 bits per heavy atom. The van der Waals surface area contributed by atoms with Gasteiger partial charge in [0, 0.05) is 23.6 Å².